The molecule has 174 valence electrons. The average molecular weight is 439 g/mol. The van der Waals surface area contributed by atoms with Crippen LogP contribution in [0.3, 0.4) is 0 Å². The molecule has 3 heterocycles. The minimum absolute atomic E-state index is 0.357. The fraction of sp³-hybridized carbons (Fsp3) is 0.941. The van der Waals surface area contributed by atoms with Gasteiger partial charge in [-0.3, -0.25) is 9.69 Å². The summed E-state index contributed by atoms with van der Waals surface area (Å²) in [6.45, 7) is -1.18. The second-order valence-corrected chi connectivity index (χ2v) is 7.93. The maximum atomic E-state index is 11.4. The smallest absolute Gasteiger partial charge is 0.320 e. The molecule has 3 aliphatic rings. The SMILES string of the molecule is O=C(O)[C@@H]1CCCN1C[C@@]1(O)OC[C@@H](O)[C@@H](O[C@H]2O[C@H](CO)[C@@H](O)[C@H](O)[C@H]2O)[C@@H]1O. The Balaban J connectivity index is 1.72. The van der Waals surface area contributed by atoms with Gasteiger partial charge < -0.3 is 55.1 Å². The van der Waals surface area contributed by atoms with Crippen molar-refractivity contribution in [1.29, 1.82) is 0 Å². The highest BCUT2D eigenvalue weighted by atomic mass is 16.7. The summed E-state index contributed by atoms with van der Waals surface area (Å²) in [5.41, 5.74) is 0. The Morgan fingerprint density at radius 1 is 1.13 bits per heavy atom. The molecule has 0 unspecified atom stereocenters. The fourth-order valence-electron chi connectivity index (χ4n) is 4.10. The van der Waals surface area contributed by atoms with Crippen LogP contribution < -0.4 is 0 Å². The molecule has 0 bridgehead atoms. The third kappa shape index (κ3) is 4.47. The van der Waals surface area contributed by atoms with E-state index < -0.39 is 80.0 Å². The summed E-state index contributed by atoms with van der Waals surface area (Å²) in [6, 6.07) is -0.860. The van der Waals surface area contributed by atoms with Gasteiger partial charge in [-0.2, -0.15) is 0 Å². The number of hydrogen-bond acceptors (Lipinski definition) is 12. The van der Waals surface area contributed by atoms with E-state index >= 15 is 0 Å². The monoisotopic (exact) mass is 439 g/mol. The maximum Gasteiger partial charge on any atom is 0.320 e. The van der Waals surface area contributed by atoms with Gasteiger partial charge in [-0.15, -0.1) is 0 Å². The van der Waals surface area contributed by atoms with Gasteiger partial charge in [0.1, 0.15) is 48.8 Å². The van der Waals surface area contributed by atoms with Gasteiger partial charge in [0, 0.05) is 0 Å². The van der Waals surface area contributed by atoms with Crippen molar-refractivity contribution in [1.82, 2.24) is 4.90 Å². The van der Waals surface area contributed by atoms with Gasteiger partial charge in [-0.1, -0.05) is 0 Å². The first-order valence-corrected chi connectivity index (χ1v) is 9.74. The first-order chi connectivity index (χ1) is 14.1. The second-order valence-electron chi connectivity index (χ2n) is 7.93. The Morgan fingerprint density at radius 3 is 2.47 bits per heavy atom. The first-order valence-electron chi connectivity index (χ1n) is 9.74. The Hall–Kier alpha value is -0.970. The highest BCUT2D eigenvalue weighted by molar-refractivity contribution is 5.73. The van der Waals surface area contributed by atoms with E-state index in [1.165, 1.54) is 4.90 Å². The van der Waals surface area contributed by atoms with Crippen molar-refractivity contribution < 1.29 is 59.9 Å². The van der Waals surface area contributed by atoms with Crippen LogP contribution in [0.1, 0.15) is 12.8 Å². The maximum absolute atomic E-state index is 11.4. The molecule has 30 heavy (non-hydrogen) atoms. The van der Waals surface area contributed by atoms with Crippen LogP contribution in [0.5, 0.6) is 0 Å². The van der Waals surface area contributed by atoms with Crippen molar-refractivity contribution >= 4 is 5.97 Å². The molecule has 0 aromatic heterocycles. The van der Waals surface area contributed by atoms with Gasteiger partial charge in [0.05, 0.1) is 19.8 Å². The predicted molar refractivity (Wildman–Crippen MR) is 93.8 cm³/mol. The quantitative estimate of drug-likeness (QED) is 0.195. The Labute approximate surface area is 171 Å². The van der Waals surface area contributed by atoms with Crippen molar-refractivity contribution in [2.75, 3.05) is 26.3 Å². The lowest BCUT2D eigenvalue weighted by Crippen LogP contribution is -2.68. The molecular weight excluding hydrogens is 410 g/mol. The number of aliphatic carboxylic acids is 1. The number of β-amino-alcohol motifs (C(OH)–C–C–N with tert-alkyl or cyclic N) is 1. The van der Waals surface area contributed by atoms with E-state index in [1.807, 2.05) is 0 Å². The molecule has 0 aromatic rings. The minimum atomic E-state index is -2.28. The Bertz CT molecular complexity index is 607. The third-order valence-electron chi connectivity index (χ3n) is 5.87. The molecule has 0 radical (unpaired) electrons. The molecule has 0 aliphatic carbocycles. The summed E-state index contributed by atoms with van der Waals surface area (Å²) in [5, 5.41) is 80.1. The molecule has 3 aliphatic heterocycles. The van der Waals surface area contributed by atoms with Gasteiger partial charge in [-0.05, 0) is 19.4 Å². The number of aliphatic hydroxyl groups is 7. The van der Waals surface area contributed by atoms with E-state index in [0.29, 0.717) is 19.4 Å². The van der Waals surface area contributed by atoms with E-state index in [9.17, 15) is 45.6 Å². The molecule has 0 aromatic carbocycles. The predicted octanol–water partition coefficient (Wildman–Crippen LogP) is -4.84. The molecule has 10 atom stereocenters. The van der Waals surface area contributed by atoms with Crippen LogP contribution >= 0.6 is 0 Å². The molecular formula is C17H29NO12. The molecule has 0 spiro atoms. The molecule has 0 saturated carbocycles. The number of carboxylic acid groups (broad SMARTS) is 1. The number of aliphatic hydroxyl groups excluding tert-OH is 6. The van der Waals surface area contributed by atoms with E-state index in [0.717, 1.165) is 0 Å². The molecule has 0 amide bonds. The van der Waals surface area contributed by atoms with Gasteiger partial charge in [-0.25, -0.2) is 0 Å². The number of nitrogens with zero attached hydrogens (tertiary/aromatic N) is 1. The van der Waals surface area contributed by atoms with Crippen molar-refractivity contribution in [2.24, 2.45) is 0 Å². The standard InChI is InChI=1S/C17H29NO12/c19-4-9-10(21)11(22)12(23)16(29-9)30-13-8(20)5-28-17(27,14(13)24)6-18-3-1-2-7(18)15(25)26/h7-14,16,19-24,27H,1-6H2,(H,25,26)/t7-,8+,9+,10+,11-,12+,13+,14-,16+,17+/m0/s1. The second kappa shape index (κ2) is 9.26. The van der Waals surface area contributed by atoms with Crippen molar-refractivity contribution in [3.63, 3.8) is 0 Å². The van der Waals surface area contributed by atoms with Crippen LogP contribution in [0.15, 0.2) is 0 Å². The van der Waals surface area contributed by atoms with Gasteiger partial charge in [0.2, 0.25) is 5.79 Å². The van der Waals surface area contributed by atoms with Crippen molar-refractivity contribution in [3.8, 4) is 0 Å². The number of rotatable bonds is 6. The summed E-state index contributed by atoms with van der Waals surface area (Å²) in [4.78, 5) is 12.8. The van der Waals surface area contributed by atoms with Crippen molar-refractivity contribution in [2.45, 2.75) is 73.7 Å². The number of hydrogen-bond donors (Lipinski definition) is 8. The van der Waals surface area contributed by atoms with Crippen LogP contribution in [0.2, 0.25) is 0 Å². The molecule has 3 saturated heterocycles. The van der Waals surface area contributed by atoms with Crippen molar-refractivity contribution in [3.05, 3.63) is 0 Å². The van der Waals surface area contributed by atoms with E-state index in [-0.39, 0.29) is 6.54 Å². The van der Waals surface area contributed by atoms with Crippen LogP contribution in [0, 0.1) is 0 Å². The summed E-state index contributed by atoms with van der Waals surface area (Å²) in [7, 11) is 0. The van der Waals surface area contributed by atoms with Crippen LogP contribution in [-0.2, 0) is 19.0 Å². The molecule has 3 fully saturated rings. The zero-order valence-electron chi connectivity index (χ0n) is 16.1. The Morgan fingerprint density at radius 2 is 1.83 bits per heavy atom. The zero-order chi connectivity index (χ0) is 22.2. The molecule has 3 rings (SSSR count). The van der Waals surface area contributed by atoms with Crippen LogP contribution in [0.4, 0.5) is 0 Å². The summed E-state index contributed by atoms with van der Waals surface area (Å²) in [5.74, 6) is -3.36. The Kier molecular flexibility index (Phi) is 7.31. The number of ether oxygens (including phenoxy) is 3. The lowest BCUT2D eigenvalue weighted by atomic mass is 9.95. The summed E-state index contributed by atoms with van der Waals surface area (Å²) < 4.78 is 15.9. The third-order valence-corrected chi connectivity index (χ3v) is 5.87. The topological polar surface area (TPSA) is 210 Å². The summed E-state index contributed by atoms with van der Waals surface area (Å²) in [6.07, 6.45) is -11.9. The normalized spacial score (nSPS) is 48.0. The van der Waals surface area contributed by atoms with E-state index in [4.69, 9.17) is 14.2 Å². The van der Waals surface area contributed by atoms with Gasteiger partial charge in [0.25, 0.3) is 0 Å². The number of likely N-dealkylation sites (tertiary alicyclic amines) is 1. The van der Waals surface area contributed by atoms with Gasteiger partial charge >= 0.3 is 5.97 Å². The molecule has 13 heteroatoms. The number of carboxylic acids is 1. The lowest BCUT2D eigenvalue weighted by molar-refractivity contribution is -0.370. The molecule has 13 nitrogen and oxygen atoms in total. The largest absolute Gasteiger partial charge is 0.480 e. The lowest BCUT2D eigenvalue weighted by Gasteiger charge is -2.47. The average Bonchev–Trinajstić information content (AvgIpc) is 3.16. The molecule has 8 N–H and O–H groups in total. The zero-order valence-corrected chi connectivity index (χ0v) is 16.1. The fourth-order valence-corrected chi connectivity index (χ4v) is 4.10. The highest BCUT2D eigenvalue weighted by Gasteiger charge is 2.54. The van der Waals surface area contributed by atoms with E-state index in [2.05, 4.69) is 0 Å². The van der Waals surface area contributed by atoms with Crippen LogP contribution in [0.25, 0.3) is 0 Å². The first kappa shape index (κ1) is 23.7. The number of carbonyl (C=O) groups is 1. The summed E-state index contributed by atoms with van der Waals surface area (Å²) >= 11 is 0. The minimum Gasteiger partial charge on any atom is -0.480 e. The van der Waals surface area contributed by atoms with Gasteiger partial charge in [0.15, 0.2) is 6.29 Å². The highest BCUT2D eigenvalue weighted by Crippen LogP contribution is 2.32. The van der Waals surface area contributed by atoms with Crippen LogP contribution in [-0.4, -0.2) is 139 Å². The van der Waals surface area contributed by atoms with E-state index in [1.54, 1.807) is 0 Å².